The molecule has 0 radical (unpaired) electrons. The van der Waals surface area contributed by atoms with E-state index in [-0.39, 0.29) is 12.2 Å². The fourth-order valence-electron chi connectivity index (χ4n) is 3.26. The Hall–Kier alpha value is -3.21. The average molecular weight is 319 g/mol. The molecule has 0 bridgehead atoms. The summed E-state index contributed by atoms with van der Waals surface area (Å²) in [7, 11) is 1.51. The van der Waals surface area contributed by atoms with Gasteiger partial charge < -0.3 is 18.6 Å². The molecule has 0 fully saturated rings. The molecule has 1 aliphatic carbocycles. The highest BCUT2D eigenvalue weighted by molar-refractivity contribution is 5.99. The molecule has 2 aromatic rings. The summed E-state index contributed by atoms with van der Waals surface area (Å²) in [5.41, 5.74) is 2.41. The van der Waals surface area contributed by atoms with Crippen LogP contribution in [0.5, 0.6) is 17.2 Å². The first-order valence-electron chi connectivity index (χ1n) is 7.60. The van der Waals surface area contributed by atoms with E-state index < -0.39 is 0 Å². The van der Waals surface area contributed by atoms with Crippen LogP contribution in [0.1, 0.15) is 0 Å². The van der Waals surface area contributed by atoms with Gasteiger partial charge in [0.05, 0.1) is 12.6 Å². The fraction of sp³-hybridized carbons (Fsp3) is 0.105. The lowest BCUT2D eigenvalue weighted by Gasteiger charge is -2.12. The fourth-order valence-corrected chi connectivity index (χ4v) is 3.26. The number of rotatable bonds is 1. The van der Waals surface area contributed by atoms with Crippen molar-refractivity contribution in [1.29, 1.82) is 0 Å². The lowest BCUT2D eigenvalue weighted by atomic mass is 10.0. The Kier molecular flexibility index (Phi) is 2.56. The summed E-state index contributed by atoms with van der Waals surface area (Å²) in [5, 5.41) is 2.11. The molecule has 5 rings (SSSR count). The molecule has 0 saturated heterocycles. The molecule has 0 N–H and O–H groups in total. The zero-order chi connectivity index (χ0) is 16.3. The van der Waals surface area contributed by atoms with Gasteiger partial charge in [-0.15, -0.1) is 0 Å². The number of hydrogen-bond acceptors (Lipinski definition) is 4. The minimum absolute atomic E-state index is 0.102. The zero-order valence-corrected chi connectivity index (χ0v) is 12.9. The third-order valence-corrected chi connectivity index (χ3v) is 4.49. The van der Waals surface area contributed by atoms with Crippen LogP contribution in [0.3, 0.4) is 0 Å². The Bertz CT molecular complexity index is 1150. The predicted molar refractivity (Wildman–Crippen MR) is 90.5 cm³/mol. The van der Waals surface area contributed by atoms with Crippen LogP contribution in [0.15, 0.2) is 53.6 Å². The van der Waals surface area contributed by atoms with Crippen molar-refractivity contribution in [2.45, 2.75) is 0 Å². The Morgan fingerprint density at radius 1 is 1.08 bits per heavy atom. The summed E-state index contributed by atoms with van der Waals surface area (Å²) >= 11 is 0. The smallest absolute Gasteiger partial charge is 0.231 e. The second-order valence-electron chi connectivity index (χ2n) is 5.77. The number of pyridine rings is 2. The maximum atomic E-state index is 12.4. The van der Waals surface area contributed by atoms with Crippen molar-refractivity contribution in [3.05, 3.63) is 59.0 Å². The van der Waals surface area contributed by atoms with Gasteiger partial charge in [-0.2, -0.15) is 0 Å². The molecule has 118 valence electrons. The van der Waals surface area contributed by atoms with Crippen molar-refractivity contribution in [1.82, 2.24) is 4.40 Å². The topological polar surface area (TPSA) is 49.2 Å². The molecule has 0 saturated carbocycles. The van der Waals surface area contributed by atoms with Crippen LogP contribution >= 0.6 is 0 Å². The molecule has 0 atom stereocenters. The van der Waals surface area contributed by atoms with Gasteiger partial charge in [0.1, 0.15) is 0 Å². The molecule has 3 heterocycles. The van der Waals surface area contributed by atoms with E-state index in [4.69, 9.17) is 14.2 Å². The van der Waals surface area contributed by atoms with E-state index in [1.54, 1.807) is 6.07 Å². The van der Waals surface area contributed by atoms with Gasteiger partial charge in [0, 0.05) is 23.3 Å². The number of ether oxygens (including phenoxy) is 3. The summed E-state index contributed by atoms with van der Waals surface area (Å²) < 4.78 is 18.0. The van der Waals surface area contributed by atoms with Crippen molar-refractivity contribution in [2.24, 2.45) is 0 Å². The van der Waals surface area contributed by atoms with E-state index in [9.17, 15) is 4.79 Å². The number of aromatic nitrogens is 1. The highest BCUT2D eigenvalue weighted by Crippen LogP contribution is 2.38. The van der Waals surface area contributed by atoms with Crippen molar-refractivity contribution in [2.75, 3.05) is 13.9 Å². The third kappa shape index (κ3) is 1.72. The van der Waals surface area contributed by atoms with E-state index in [0.29, 0.717) is 11.3 Å². The first-order chi connectivity index (χ1) is 11.7. The first kappa shape index (κ1) is 13.2. The van der Waals surface area contributed by atoms with Crippen LogP contribution < -0.4 is 19.6 Å². The van der Waals surface area contributed by atoms with Gasteiger partial charge in [-0.1, -0.05) is 6.07 Å². The number of methoxy groups -OCH3 is 1. The second-order valence-corrected chi connectivity index (χ2v) is 5.77. The molecule has 2 aliphatic heterocycles. The Morgan fingerprint density at radius 2 is 1.92 bits per heavy atom. The van der Waals surface area contributed by atoms with E-state index in [1.807, 2.05) is 47.1 Å². The lowest BCUT2D eigenvalue weighted by Crippen LogP contribution is -2.10. The molecule has 1 aromatic carbocycles. The van der Waals surface area contributed by atoms with E-state index >= 15 is 0 Å². The lowest BCUT2D eigenvalue weighted by molar-refractivity contribution is 0.174. The van der Waals surface area contributed by atoms with Gasteiger partial charge in [-0.3, -0.25) is 4.79 Å². The standard InChI is InChI=1S/C19H13NO4/c1-22-16-3-2-11-6-15-13-8-18-17(23-10-24-18)7-12(13)4-5-20(15)9-14(11)19(16)21/h2-9H,10H2,1H3. The third-order valence-electron chi connectivity index (χ3n) is 4.49. The molecule has 0 amide bonds. The Morgan fingerprint density at radius 3 is 2.75 bits per heavy atom. The minimum atomic E-state index is -0.102. The molecule has 0 unspecified atom stereocenters. The SMILES string of the molecule is COc1ccc2cc3c4cc5c(cc4ccn3cc-2c1=O)OCO5. The molecule has 0 spiro atoms. The molecule has 5 nitrogen and oxygen atoms in total. The van der Waals surface area contributed by atoms with Crippen molar-refractivity contribution < 1.29 is 14.2 Å². The molecule has 1 aromatic heterocycles. The zero-order valence-electron chi connectivity index (χ0n) is 12.9. The molecular formula is C19H13NO4. The van der Waals surface area contributed by atoms with Crippen molar-refractivity contribution in [3.8, 4) is 28.4 Å². The predicted octanol–water partition coefficient (Wildman–Crippen LogP) is 3.29. The Balaban J connectivity index is 1.90. The summed E-state index contributed by atoms with van der Waals surface area (Å²) in [6, 6.07) is 11.6. The molecular weight excluding hydrogens is 306 g/mol. The summed E-state index contributed by atoms with van der Waals surface area (Å²) in [6.07, 6.45) is 3.79. The summed E-state index contributed by atoms with van der Waals surface area (Å²) in [4.78, 5) is 12.4. The normalized spacial score (nSPS) is 13.0. The van der Waals surface area contributed by atoms with Crippen LogP contribution in [0.25, 0.3) is 27.4 Å². The number of fused-ring (bicyclic) bond motifs is 5. The molecule has 5 heteroatoms. The quantitative estimate of drug-likeness (QED) is 0.399. The van der Waals surface area contributed by atoms with Crippen LogP contribution in [0.4, 0.5) is 0 Å². The van der Waals surface area contributed by atoms with Gasteiger partial charge in [0.25, 0.3) is 0 Å². The summed E-state index contributed by atoms with van der Waals surface area (Å²) in [5.74, 6) is 1.86. The van der Waals surface area contributed by atoms with Crippen molar-refractivity contribution in [3.63, 3.8) is 0 Å². The van der Waals surface area contributed by atoms with Gasteiger partial charge in [-0.25, -0.2) is 0 Å². The Labute approximate surface area is 137 Å². The number of hydrogen-bond donors (Lipinski definition) is 0. The van der Waals surface area contributed by atoms with Crippen LogP contribution in [-0.2, 0) is 0 Å². The second kappa shape index (κ2) is 4.64. The first-order valence-corrected chi connectivity index (χ1v) is 7.60. The van der Waals surface area contributed by atoms with Crippen LogP contribution in [0, 0.1) is 0 Å². The van der Waals surface area contributed by atoms with Crippen molar-refractivity contribution >= 4 is 16.3 Å². The van der Waals surface area contributed by atoms with Crippen LogP contribution in [0.2, 0.25) is 0 Å². The van der Waals surface area contributed by atoms with E-state index in [1.165, 1.54) is 7.11 Å². The average Bonchev–Trinajstić information content (AvgIpc) is 3.06. The molecule has 3 aliphatic rings. The van der Waals surface area contributed by atoms with Crippen LogP contribution in [-0.4, -0.2) is 18.3 Å². The largest absolute Gasteiger partial charge is 0.493 e. The van der Waals surface area contributed by atoms with Gasteiger partial charge in [0.15, 0.2) is 17.2 Å². The van der Waals surface area contributed by atoms with E-state index in [0.717, 1.165) is 33.4 Å². The highest BCUT2D eigenvalue weighted by atomic mass is 16.7. The molecule has 24 heavy (non-hydrogen) atoms. The summed E-state index contributed by atoms with van der Waals surface area (Å²) in [6.45, 7) is 0.249. The highest BCUT2D eigenvalue weighted by Gasteiger charge is 2.17. The minimum Gasteiger partial charge on any atom is -0.493 e. The van der Waals surface area contributed by atoms with Gasteiger partial charge >= 0.3 is 0 Å². The monoisotopic (exact) mass is 319 g/mol. The van der Waals surface area contributed by atoms with Gasteiger partial charge in [-0.05, 0) is 41.3 Å². The number of nitrogens with zero attached hydrogens (tertiary/aromatic N) is 1. The maximum absolute atomic E-state index is 12.4. The maximum Gasteiger partial charge on any atom is 0.231 e. The van der Waals surface area contributed by atoms with Gasteiger partial charge in [0.2, 0.25) is 12.2 Å². The van der Waals surface area contributed by atoms with E-state index in [2.05, 4.69) is 0 Å². The number of benzene rings is 2.